The van der Waals surface area contributed by atoms with Crippen molar-refractivity contribution in [3.8, 4) is 5.75 Å². The first-order chi connectivity index (χ1) is 9.42. The van der Waals surface area contributed by atoms with Gasteiger partial charge in [-0.05, 0) is 24.5 Å². The first-order valence-corrected chi connectivity index (χ1v) is 8.28. The van der Waals surface area contributed by atoms with Crippen molar-refractivity contribution in [3.63, 3.8) is 0 Å². The summed E-state index contributed by atoms with van der Waals surface area (Å²) < 4.78 is 32.6. The van der Waals surface area contributed by atoms with Crippen LogP contribution in [0.5, 0.6) is 5.75 Å². The third-order valence-corrected chi connectivity index (χ3v) is 5.23. The van der Waals surface area contributed by atoms with Crippen molar-refractivity contribution in [2.24, 2.45) is 5.92 Å². The molecule has 2 atom stereocenters. The van der Waals surface area contributed by atoms with E-state index >= 15 is 0 Å². The monoisotopic (exact) mass is 319 g/mol. The number of aliphatic hydroxyl groups excluding tert-OH is 1. The van der Waals surface area contributed by atoms with Crippen LogP contribution in [0.2, 0.25) is 5.02 Å². The molecular formula is C13H18ClNO4S. The Labute approximate surface area is 124 Å². The average Bonchev–Trinajstić information content (AvgIpc) is 3.15. The molecule has 0 spiro atoms. The number of methoxy groups -OCH3 is 1. The fourth-order valence-electron chi connectivity index (χ4n) is 2.28. The van der Waals surface area contributed by atoms with Crippen molar-refractivity contribution >= 4 is 21.6 Å². The molecule has 2 N–H and O–H groups in total. The van der Waals surface area contributed by atoms with Crippen LogP contribution >= 0.6 is 11.6 Å². The SMILES string of the molecule is CCC1CC1NS(=O)(=O)c1cc(Cl)cc(CO)c1OC. The van der Waals surface area contributed by atoms with E-state index in [0.717, 1.165) is 12.8 Å². The minimum absolute atomic E-state index is 0.0220. The lowest BCUT2D eigenvalue weighted by molar-refractivity contribution is 0.272. The summed E-state index contributed by atoms with van der Waals surface area (Å²) in [6, 6.07) is 2.81. The smallest absolute Gasteiger partial charge is 0.244 e. The molecule has 0 amide bonds. The minimum Gasteiger partial charge on any atom is -0.495 e. The average molecular weight is 320 g/mol. The molecule has 1 aliphatic carbocycles. The molecule has 2 rings (SSSR count). The van der Waals surface area contributed by atoms with E-state index in [9.17, 15) is 13.5 Å². The van der Waals surface area contributed by atoms with Crippen LogP contribution in [0.4, 0.5) is 0 Å². The lowest BCUT2D eigenvalue weighted by atomic mass is 10.2. The quantitative estimate of drug-likeness (QED) is 0.840. The minimum atomic E-state index is -3.71. The van der Waals surface area contributed by atoms with E-state index in [2.05, 4.69) is 4.72 Å². The van der Waals surface area contributed by atoms with Gasteiger partial charge in [0.2, 0.25) is 10.0 Å². The van der Waals surface area contributed by atoms with Crippen LogP contribution < -0.4 is 9.46 Å². The van der Waals surface area contributed by atoms with Crippen LogP contribution in [0.3, 0.4) is 0 Å². The van der Waals surface area contributed by atoms with Gasteiger partial charge in [0, 0.05) is 16.6 Å². The lowest BCUT2D eigenvalue weighted by Gasteiger charge is -2.14. The Hall–Kier alpha value is -0.820. The topological polar surface area (TPSA) is 75.6 Å². The van der Waals surface area contributed by atoms with Crippen molar-refractivity contribution in [1.29, 1.82) is 0 Å². The summed E-state index contributed by atoms with van der Waals surface area (Å²) in [6.07, 6.45) is 1.80. The van der Waals surface area contributed by atoms with Crippen molar-refractivity contribution in [3.05, 3.63) is 22.7 Å². The first-order valence-electron chi connectivity index (χ1n) is 6.42. The van der Waals surface area contributed by atoms with Gasteiger partial charge in [-0.25, -0.2) is 13.1 Å². The summed E-state index contributed by atoms with van der Waals surface area (Å²) >= 11 is 5.91. The Morgan fingerprint density at radius 3 is 2.70 bits per heavy atom. The summed E-state index contributed by atoms with van der Waals surface area (Å²) in [6.45, 7) is 1.69. The summed E-state index contributed by atoms with van der Waals surface area (Å²) in [4.78, 5) is -0.0293. The highest BCUT2D eigenvalue weighted by Gasteiger charge is 2.39. The van der Waals surface area contributed by atoms with Crippen molar-refractivity contribution in [2.45, 2.75) is 37.3 Å². The Balaban J connectivity index is 2.38. The summed E-state index contributed by atoms with van der Waals surface area (Å²) in [5.74, 6) is 0.533. The van der Waals surface area contributed by atoms with E-state index in [1.54, 1.807) is 0 Å². The van der Waals surface area contributed by atoms with Crippen LogP contribution in [-0.4, -0.2) is 26.7 Å². The summed E-state index contributed by atoms with van der Waals surface area (Å²) in [7, 11) is -2.34. The highest BCUT2D eigenvalue weighted by molar-refractivity contribution is 7.89. The molecule has 20 heavy (non-hydrogen) atoms. The highest BCUT2D eigenvalue weighted by atomic mass is 35.5. The normalized spacial score (nSPS) is 21.8. The molecule has 0 bridgehead atoms. The highest BCUT2D eigenvalue weighted by Crippen LogP contribution is 2.37. The van der Waals surface area contributed by atoms with Crippen molar-refractivity contribution in [2.75, 3.05) is 7.11 Å². The largest absolute Gasteiger partial charge is 0.495 e. The van der Waals surface area contributed by atoms with E-state index in [0.29, 0.717) is 11.5 Å². The van der Waals surface area contributed by atoms with Gasteiger partial charge in [0.25, 0.3) is 0 Å². The fraction of sp³-hybridized carbons (Fsp3) is 0.538. The van der Waals surface area contributed by atoms with Crippen molar-refractivity contribution < 1.29 is 18.3 Å². The van der Waals surface area contributed by atoms with Gasteiger partial charge in [0.15, 0.2) is 0 Å². The zero-order valence-corrected chi connectivity index (χ0v) is 13.0. The maximum absolute atomic E-state index is 12.4. The van der Waals surface area contributed by atoms with Gasteiger partial charge in [0.1, 0.15) is 10.6 Å². The number of aliphatic hydroxyl groups is 1. The van der Waals surface area contributed by atoms with Crippen LogP contribution in [0, 0.1) is 5.92 Å². The Bertz CT molecular complexity index is 603. The Kier molecular flexibility index (Phi) is 4.59. The van der Waals surface area contributed by atoms with Crippen molar-refractivity contribution in [1.82, 2.24) is 4.72 Å². The second kappa shape index (κ2) is 5.89. The Morgan fingerprint density at radius 2 is 2.20 bits per heavy atom. The molecule has 0 aromatic heterocycles. The second-order valence-corrected chi connectivity index (χ2v) is 7.01. The lowest BCUT2D eigenvalue weighted by Crippen LogP contribution is -2.27. The van der Waals surface area contributed by atoms with Crippen LogP contribution in [0.1, 0.15) is 25.3 Å². The van der Waals surface area contributed by atoms with Gasteiger partial charge in [-0.1, -0.05) is 24.9 Å². The molecule has 0 heterocycles. The maximum atomic E-state index is 12.4. The van der Waals surface area contributed by atoms with E-state index in [1.807, 2.05) is 6.92 Å². The third kappa shape index (κ3) is 3.09. The number of ether oxygens (including phenoxy) is 1. The molecule has 1 fully saturated rings. The molecule has 2 unspecified atom stereocenters. The number of sulfonamides is 1. The molecule has 1 aromatic rings. The molecule has 7 heteroatoms. The number of halogens is 1. The third-order valence-electron chi connectivity index (χ3n) is 3.51. The zero-order chi connectivity index (χ0) is 14.9. The van der Waals surface area contributed by atoms with E-state index < -0.39 is 10.0 Å². The summed E-state index contributed by atoms with van der Waals surface area (Å²) in [5, 5.41) is 9.53. The molecule has 1 saturated carbocycles. The molecule has 5 nitrogen and oxygen atoms in total. The van der Waals surface area contributed by atoms with Gasteiger partial charge in [-0.2, -0.15) is 0 Å². The molecular weight excluding hydrogens is 302 g/mol. The molecule has 1 aliphatic rings. The maximum Gasteiger partial charge on any atom is 0.244 e. The van der Waals surface area contributed by atoms with Gasteiger partial charge >= 0.3 is 0 Å². The Morgan fingerprint density at radius 1 is 1.50 bits per heavy atom. The number of nitrogens with one attached hydrogen (secondary N) is 1. The predicted octanol–water partition coefficient (Wildman–Crippen LogP) is 1.92. The first kappa shape index (κ1) is 15.6. The number of benzene rings is 1. The van der Waals surface area contributed by atoms with Gasteiger partial charge in [-0.15, -0.1) is 0 Å². The number of rotatable bonds is 6. The van der Waals surface area contributed by atoms with Crippen LogP contribution in [-0.2, 0) is 16.6 Å². The standard InChI is InChI=1S/C13H18ClNO4S/c1-3-8-5-11(8)15-20(17,18)12-6-10(14)4-9(7-16)13(12)19-2/h4,6,8,11,15-16H,3,5,7H2,1-2H3. The summed E-state index contributed by atoms with van der Waals surface area (Å²) in [5.41, 5.74) is 0.350. The molecule has 112 valence electrons. The molecule has 1 aromatic carbocycles. The predicted molar refractivity (Wildman–Crippen MR) is 76.4 cm³/mol. The van der Waals surface area contributed by atoms with Crippen LogP contribution in [0.25, 0.3) is 0 Å². The van der Waals surface area contributed by atoms with E-state index in [1.165, 1.54) is 19.2 Å². The molecule has 0 saturated heterocycles. The second-order valence-electron chi connectivity index (χ2n) is 4.89. The van der Waals surface area contributed by atoms with Gasteiger partial charge < -0.3 is 9.84 Å². The zero-order valence-electron chi connectivity index (χ0n) is 11.4. The molecule has 0 radical (unpaired) electrons. The van der Waals surface area contributed by atoms with E-state index in [-0.39, 0.29) is 28.3 Å². The number of hydrogen-bond donors (Lipinski definition) is 2. The molecule has 0 aliphatic heterocycles. The van der Waals surface area contributed by atoms with Crippen LogP contribution in [0.15, 0.2) is 17.0 Å². The fourth-order valence-corrected chi connectivity index (χ4v) is 4.14. The van der Waals surface area contributed by atoms with Gasteiger partial charge in [-0.3, -0.25) is 0 Å². The number of hydrogen-bond acceptors (Lipinski definition) is 4. The van der Waals surface area contributed by atoms with E-state index in [4.69, 9.17) is 16.3 Å². The van der Waals surface area contributed by atoms with Gasteiger partial charge in [0.05, 0.1) is 13.7 Å².